The van der Waals surface area contributed by atoms with Crippen LogP contribution >= 0.6 is 0 Å². The van der Waals surface area contributed by atoms with Crippen molar-refractivity contribution >= 4 is 23.6 Å². The third-order valence-corrected chi connectivity index (χ3v) is 5.00. The molecule has 28 heavy (non-hydrogen) atoms. The number of piperidine rings is 1. The largest absolute Gasteiger partial charge is 0.381 e. The number of fused-ring (bicyclic) bond motifs is 1. The molecule has 1 aromatic carbocycles. The normalized spacial score (nSPS) is 19.2. The van der Waals surface area contributed by atoms with Crippen LogP contribution in [0.3, 0.4) is 0 Å². The molecule has 1 atom stereocenters. The first kappa shape index (κ1) is 20.2. The van der Waals surface area contributed by atoms with Crippen molar-refractivity contribution in [3.05, 3.63) is 34.9 Å². The number of ether oxygens (including phenoxy) is 1. The molecule has 0 radical (unpaired) electrons. The summed E-state index contributed by atoms with van der Waals surface area (Å²) in [6.45, 7) is 2.15. The third-order valence-electron chi connectivity index (χ3n) is 5.00. The van der Waals surface area contributed by atoms with Crippen molar-refractivity contribution in [2.75, 3.05) is 26.8 Å². The fourth-order valence-corrected chi connectivity index (χ4v) is 3.61. The molecule has 4 amide bonds. The van der Waals surface area contributed by atoms with Gasteiger partial charge >= 0.3 is 0 Å². The van der Waals surface area contributed by atoms with Crippen LogP contribution in [0.5, 0.6) is 0 Å². The summed E-state index contributed by atoms with van der Waals surface area (Å²) >= 11 is 0. The van der Waals surface area contributed by atoms with E-state index in [1.54, 1.807) is 12.1 Å². The molecule has 0 bridgehead atoms. The van der Waals surface area contributed by atoms with E-state index in [0.29, 0.717) is 30.8 Å². The Bertz CT molecular complexity index is 792. The fraction of sp³-hybridized carbons (Fsp3) is 0.500. The van der Waals surface area contributed by atoms with Crippen molar-refractivity contribution < 1.29 is 23.9 Å². The molecule has 1 saturated heterocycles. The van der Waals surface area contributed by atoms with Crippen LogP contribution < -0.4 is 10.6 Å². The van der Waals surface area contributed by atoms with Gasteiger partial charge in [0.25, 0.3) is 11.8 Å². The van der Waals surface area contributed by atoms with Crippen LogP contribution in [0.1, 0.15) is 52.0 Å². The lowest BCUT2D eigenvalue weighted by Gasteiger charge is -2.27. The highest BCUT2D eigenvalue weighted by atomic mass is 16.5. The Balaban J connectivity index is 1.66. The highest BCUT2D eigenvalue weighted by molar-refractivity contribution is 6.24. The second-order valence-corrected chi connectivity index (χ2v) is 6.96. The maximum absolute atomic E-state index is 13.0. The summed E-state index contributed by atoms with van der Waals surface area (Å²) in [7, 11) is 1.90. The molecule has 2 heterocycles. The molecular weight excluding hydrogens is 362 g/mol. The minimum absolute atomic E-state index is 0.113. The SMILES string of the molecule is CNCCCOCCCc1cccc2c1C(=O)N(C1CCC(=O)NC1=O)C2=O. The Morgan fingerprint density at radius 1 is 1.14 bits per heavy atom. The van der Waals surface area contributed by atoms with E-state index in [2.05, 4.69) is 10.6 Å². The molecule has 0 aromatic heterocycles. The number of rotatable bonds is 9. The molecule has 2 N–H and O–H groups in total. The number of nitrogens with zero attached hydrogens (tertiary/aromatic N) is 1. The van der Waals surface area contributed by atoms with Crippen molar-refractivity contribution in [1.82, 2.24) is 15.5 Å². The molecule has 8 nitrogen and oxygen atoms in total. The van der Waals surface area contributed by atoms with E-state index in [-0.39, 0.29) is 18.7 Å². The Hall–Kier alpha value is -2.58. The molecule has 3 rings (SSSR count). The van der Waals surface area contributed by atoms with E-state index < -0.39 is 23.8 Å². The standard InChI is InChI=1S/C20H25N3O5/c1-21-10-4-12-28-11-3-6-13-5-2-7-14-17(13)20(27)23(19(14)26)15-8-9-16(24)22-18(15)25/h2,5,7,15,21H,3-4,6,8-12H2,1H3,(H,22,24,25). The first-order valence-electron chi connectivity index (χ1n) is 9.60. The van der Waals surface area contributed by atoms with Crippen molar-refractivity contribution in [3.8, 4) is 0 Å². The summed E-state index contributed by atoms with van der Waals surface area (Å²) in [5, 5.41) is 5.26. The van der Waals surface area contributed by atoms with Crippen LogP contribution in [0.2, 0.25) is 0 Å². The number of amides is 4. The Morgan fingerprint density at radius 2 is 1.93 bits per heavy atom. The summed E-state index contributed by atoms with van der Waals surface area (Å²) in [4.78, 5) is 50.2. The molecule has 1 fully saturated rings. The molecule has 8 heteroatoms. The van der Waals surface area contributed by atoms with E-state index in [1.165, 1.54) is 0 Å². The van der Waals surface area contributed by atoms with Crippen molar-refractivity contribution in [1.29, 1.82) is 0 Å². The average Bonchev–Trinajstić information content (AvgIpc) is 2.93. The Morgan fingerprint density at radius 3 is 2.68 bits per heavy atom. The van der Waals surface area contributed by atoms with Gasteiger partial charge in [0, 0.05) is 19.6 Å². The second kappa shape index (κ2) is 9.07. The highest BCUT2D eigenvalue weighted by Crippen LogP contribution is 2.30. The lowest BCUT2D eigenvalue weighted by Crippen LogP contribution is -2.54. The molecule has 2 aliphatic rings. The van der Waals surface area contributed by atoms with E-state index >= 15 is 0 Å². The summed E-state index contributed by atoms with van der Waals surface area (Å²) in [6.07, 6.45) is 2.55. The van der Waals surface area contributed by atoms with E-state index in [4.69, 9.17) is 4.74 Å². The Labute approximate surface area is 163 Å². The Kier molecular flexibility index (Phi) is 6.53. The quantitative estimate of drug-likeness (QED) is 0.476. The van der Waals surface area contributed by atoms with Gasteiger partial charge in [-0.25, -0.2) is 0 Å². The van der Waals surface area contributed by atoms with E-state index in [9.17, 15) is 19.2 Å². The zero-order valence-corrected chi connectivity index (χ0v) is 16.0. The topological polar surface area (TPSA) is 105 Å². The lowest BCUT2D eigenvalue weighted by atomic mass is 9.99. The number of nitrogens with one attached hydrogen (secondary N) is 2. The maximum Gasteiger partial charge on any atom is 0.262 e. The highest BCUT2D eigenvalue weighted by Gasteiger charge is 2.45. The van der Waals surface area contributed by atoms with Gasteiger partial charge in [0.15, 0.2) is 0 Å². The first-order chi connectivity index (χ1) is 13.5. The van der Waals surface area contributed by atoms with Crippen molar-refractivity contribution in [3.63, 3.8) is 0 Å². The van der Waals surface area contributed by atoms with Crippen molar-refractivity contribution in [2.24, 2.45) is 0 Å². The average molecular weight is 387 g/mol. The zero-order valence-electron chi connectivity index (χ0n) is 16.0. The summed E-state index contributed by atoms with van der Waals surface area (Å²) in [5.41, 5.74) is 1.47. The van der Waals surface area contributed by atoms with Gasteiger partial charge in [-0.05, 0) is 50.9 Å². The number of carbonyl (C=O) groups excluding carboxylic acids is 4. The number of hydrogen-bond acceptors (Lipinski definition) is 6. The van der Waals surface area contributed by atoms with Gasteiger partial charge in [0.1, 0.15) is 6.04 Å². The predicted molar refractivity (Wildman–Crippen MR) is 101 cm³/mol. The third kappa shape index (κ3) is 4.13. The molecule has 0 saturated carbocycles. The molecule has 0 spiro atoms. The van der Waals surface area contributed by atoms with Crippen molar-refractivity contribution in [2.45, 2.75) is 38.1 Å². The van der Waals surface area contributed by atoms with Gasteiger partial charge in [-0.2, -0.15) is 0 Å². The van der Waals surface area contributed by atoms with E-state index in [1.807, 2.05) is 13.1 Å². The number of benzene rings is 1. The smallest absolute Gasteiger partial charge is 0.262 e. The van der Waals surface area contributed by atoms with Gasteiger partial charge < -0.3 is 10.1 Å². The monoisotopic (exact) mass is 387 g/mol. The predicted octanol–water partition coefficient (Wildman–Crippen LogP) is 0.647. The second-order valence-electron chi connectivity index (χ2n) is 6.96. The van der Waals surface area contributed by atoms with Gasteiger partial charge in [-0.15, -0.1) is 0 Å². The number of aryl methyl sites for hydroxylation is 1. The van der Waals surface area contributed by atoms with Crippen LogP contribution in [-0.4, -0.2) is 61.4 Å². The molecule has 0 aliphatic carbocycles. The zero-order chi connectivity index (χ0) is 20.1. The molecule has 1 unspecified atom stereocenters. The number of carbonyl (C=O) groups is 4. The van der Waals surface area contributed by atoms with Crippen LogP contribution in [0.25, 0.3) is 0 Å². The molecule has 150 valence electrons. The summed E-state index contributed by atoms with van der Waals surface area (Å²) in [6, 6.07) is 4.26. The molecule has 2 aliphatic heterocycles. The number of hydrogen-bond donors (Lipinski definition) is 2. The van der Waals surface area contributed by atoms with Crippen LogP contribution in [0, 0.1) is 0 Å². The molecule has 1 aromatic rings. The minimum atomic E-state index is -0.937. The van der Waals surface area contributed by atoms with Gasteiger partial charge in [-0.3, -0.25) is 29.4 Å². The lowest BCUT2D eigenvalue weighted by molar-refractivity contribution is -0.136. The van der Waals surface area contributed by atoms with Gasteiger partial charge in [0.2, 0.25) is 11.8 Å². The van der Waals surface area contributed by atoms with Crippen LogP contribution in [-0.2, 0) is 20.7 Å². The maximum atomic E-state index is 13.0. The summed E-state index contributed by atoms with van der Waals surface area (Å²) in [5.74, 6) is -1.91. The van der Waals surface area contributed by atoms with Gasteiger partial charge in [-0.1, -0.05) is 12.1 Å². The van der Waals surface area contributed by atoms with Gasteiger partial charge in [0.05, 0.1) is 11.1 Å². The van der Waals surface area contributed by atoms with Crippen LogP contribution in [0.4, 0.5) is 0 Å². The minimum Gasteiger partial charge on any atom is -0.381 e. The molecular formula is C20H25N3O5. The summed E-state index contributed by atoms with van der Waals surface area (Å²) < 4.78 is 5.58. The first-order valence-corrected chi connectivity index (χ1v) is 9.60. The van der Waals surface area contributed by atoms with E-state index in [0.717, 1.165) is 29.8 Å². The number of imide groups is 2. The van der Waals surface area contributed by atoms with Crippen LogP contribution in [0.15, 0.2) is 18.2 Å². The fourth-order valence-electron chi connectivity index (χ4n) is 3.61.